The quantitative estimate of drug-likeness (QED) is 0.594. The highest BCUT2D eigenvalue weighted by Crippen LogP contribution is 2.42. The molecule has 1 nitrogen and oxygen atoms in total. The summed E-state index contributed by atoms with van der Waals surface area (Å²) in [4.78, 5) is 0. The predicted octanol–water partition coefficient (Wildman–Crippen LogP) is 1.97. The van der Waals surface area contributed by atoms with Crippen molar-refractivity contribution in [1.29, 1.82) is 0 Å². The van der Waals surface area contributed by atoms with E-state index in [4.69, 9.17) is 5.11 Å². The third kappa shape index (κ3) is 1.10. The smallest absolute Gasteiger partial charge is 0.0521 e. The largest absolute Gasteiger partial charge is 0.395 e. The molecule has 0 aliphatic heterocycles. The van der Waals surface area contributed by atoms with E-state index in [2.05, 4.69) is 13.5 Å². The van der Waals surface area contributed by atoms with Crippen LogP contribution < -0.4 is 0 Å². The second-order valence-corrected chi connectivity index (χ2v) is 3.50. The van der Waals surface area contributed by atoms with E-state index < -0.39 is 0 Å². The van der Waals surface area contributed by atoms with Crippen molar-refractivity contribution in [2.75, 3.05) is 6.61 Å². The lowest BCUT2D eigenvalue weighted by atomic mass is 9.67. The topological polar surface area (TPSA) is 20.2 Å². The molecular formula is C9H16O. The first-order chi connectivity index (χ1) is 4.73. The first-order valence-electron chi connectivity index (χ1n) is 3.97. The Morgan fingerprint density at radius 2 is 2.30 bits per heavy atom. The third-order valence-electron chi connectivity index (χ3n) is 2.84. The maximum atomic E-state index is 9.05. The SMILES string of the molecule is C=CC(C)(CO)C1CCC1. The minimum atomic E-state index is -0.00174. The number of aliphatic hydroxyl groups is 1. The fourth-order valence-corrected chi connectivity index (χ4v) is 1.43. The summed E-state index contributed by atoms with van der Waals surface area (Å²) in [7, 11) is 0. The number of rotatable bonds is 3. The van der Waals surface area contributed by atoms with Crippen molar-refractivity contribution in [3.63, 3.8) is 0 Å². The molecule has 58 valence electrons. The van der Waals surface area contributed by atoms with Gasteiger partial charge in [-0.25, -0.2) is 0 Å². The molecule has 0 radical (unpaired) electrons. The van der Waals surface area contributed by atoms with Crippen LogP contribution in [0.2, 0.25) is 0 Å². The van der Waals surface area contributed by atoms with Gasteiger partial charge in [-0.3, -0.25) is 0 Å². The Balaban J connectivity index is 2.52. The second kappa shape index (κ2) is 2.75. The fraction of sp³-hybridized carbons (Fsp3) is 0.778. The van der Waals surface area contributed by atoms with Crippen molar-refractivity contribution in [1.82, 2.24) is 0 Å². The van der Waals surface area contributed by atoms with Gasteiger partial charge in [-0.1, -0.05) is 19.4 Å². The lowest BCUT2D eigenvalue weighted by Crippen LogP contribution is -2.33. The van der Waals surface area contributed by atoms with Gasteiger partial charge in [-0.2, -0.15) is 0 Å². The van der Waals surface area contributed by atoms with Gasteiger partial charge in [0.2, 0.25) is 0 Å². The second-order valence-electron chi connectivity index (χ2n) is 3.50. The van der Waals surface area contributed by atoms with Crippen LogP contribution in [-0.2, 0) is 0 Å². The summed E-state index contributed by atoms with van der Waals surface area (Å²) in [6, 6.07) is 0. The van der Waals surface area contributed by atoms with E-state index in [9.17, 15) is 0 Å². The lowest BCUT2D eigenvalue weighted by Gasteiger charge is -2.39. The fourth-order valence-electron chi connectivity index (χ4n) is 1.43. The Labute approximate surface area is 62.8 Å². The Hall–Kier alpha value is -0.300. The number of hydrogen-bond acceptors (Lipinski definition) is 1. The van der Waals surface area contributed by atoms with Crippen LogP contribution in [0.5, 0.6) is 0 Å². The first kappa shape index (κ1) is 7.80. The zero-order chi connectivity index (χ0) is 7.61. The molecular weight excluding hydrogens is 124 g/mol. The Morgan fingerprint density at radius 1 is 1.70 bits per heavy atom. The summed E-state index contributed by atoms with van der Waals surface area (Å²) in [6.07, 6.45) is 5.76. The molecule has 1 heteroatoms. The summed E-state index contributed by atoms with van der Waals surface area (Å²) in [5, 5.41) is 9.05. The highest BCUT2D eigenvalue weighted by atomic mass is 16.3. The monoisotopic (exact) mass is 140 g/mol. The standard InChI is InChI=1S/C9H16O/c1-3-9(2,7-10)8-5-4-6-8/h3,8,10H,1,4-7H2,2H3. The summed E-state index contributed by atoms with van der Waals surface area (Å²) < 4.78 is 0. The molecule has 0 aromatic carbocycles. The van der Waals surface area contributed by atoms with E-state index in [1.165, 1.54) is 19.3 Å². The zero-order valence-electron chi connectivity index (χ0n) is 6.64. The molecule has 0 aromatic rings. The molecule has 0 spiro atoms. The van der Waals surface area contributed by atoms with Crippen molar-refractivity contribution in [2.24, 2.45) is 11.3 Å². The zero-order valence-corrected chi connectivity index (χ0v) is 6.64. The van der Waals surface area contributed by atoms with Crippen LogP contribution in [0.3, 0.4) is 0 Å². The van der Waals surface area contributed by atoms with Crippen molar-refractivity contribution in [2.45, 2.75) is 26.2 Å². The highest BCUT2D eigenvalue weighted by Gasteiger charge is 2.34. The van der Waals surface area contributed by atoms with Gasteiger partial charge in [0.15, 0.2) is 0 Å². The summed E-state index contributed by atoms with van der Waals surface area (Å²) in [5.74, 6) is 0.690. The molecule has 1 fully saturated rings. The van der Waals surface area contributed by atoms with E-state index in [1.807, 2.05) is 6.08 Å². The molecule has 0 bridgehead atoms. The van der Waals surface area contributed by atoms with E-state index in [-0.39, 0.29) is 12.0 Å². The molecule has 1 aliphatic rings. The molecule has 0 amide bonds. The van der Waals surface area contributed by atoms with Crippen LogP contribution in [0.4, 0.5) is 0 Å². The summed E-state index contributed by atoms with van der Waals surface area (Å²) in [6.45, 7) is 6.08. The van der Waals surface area contributed by atoms with E-state index in [0.717, 1.165) is 0 Å². The van der Waals surface area contributed by atoms with Crippen LogP contribution in [0.15, 0.2) is 12.7 Å². The number of hydrogen-bond donors (Lipinski definition) is 1. The maximum Gasteiger partial charge on any atom is 0.0521 e. The molecule has 1 rings (SSSR count). The van der Waals surface area contributed by atoms with Crippen LogP contribution in [0, 0.1) is 11.3 Å². The first-order valence-corrected chi connectivity index (χ1v) is 3.97. The molecule has 10 heavy (non-hydrogen) atoms. The molecule has 0 aromatic heterocycles. The minimum Gasteiger partial charge on any atom is -0.395 e. The van der Waals surface area contributed by atoms with Gasteiger partial charge < -0.3 is 5.11 Å². The van der Waals surface area contributed by atoms with Crippen LogP contribution >= 0.6 is 0 Å². The van der Waals surface area contributed by atoms with E-state index in [0.29, 0.717) is 5.92 Å². The molecule has 1 saturated carbocycles. The van der Waals surface area contributed by atoms with E-state index >= 15 is 0 Å². The average molecular weight is 140 g/mol. The molecule has 0 heterocycles. The molecule has 0 saturated heterocycles. The van der Waals surface area contributed by atoms with Crippen molar-refractivity contribution in [3.05, 3.63) is 12.7 Å². The normalized spacial score (nSPS) is 25.0. The molecule has 1 unspecified atom stereocenters. The molecule has 1 atom stereocenters. The van der Waals surface area contributed by atoms with E-state index in [1.54, 1.807) is 0 Å². The predicted molar refractivity (Wildman–Crippen MR) is 42.7 cm³/mol. The Bertz CT molecular complexity index is 127. The minimum absolute atomic E-state index is 0.00174. The van der Waals surface area contributed by atoms with Crippen molar-refractivity contribution in [3.8, 4) is 0 Å². The molecule has 1 N–H and O–H groups in total. The van der Waals surface area contributed by atoms with Gasteiger partial charge in [0.1, 0.15) is 0 Å². The Morgan fingerprint density at radius 3 is 2.40 bits per heavy atom. The van der Waals surface area contributed by atoms with Gasteiger partial charge in [0, 0.05) is 5.41 Å². The maximum absolute atomic E-state index is 9.05. The third-order valence-corrected chi connectivity index (χ3v) is 2.84. The van der Waals surface area contributed by atoms with Gasteiger partial charge in [-0.05, 0) is 18.8 Å². The van der Waals surface area contributed by atoms with Crippen LogP contribution in [0.1, 0.15) is 26.2 Å². The van der Waals surface area contributed by atoms with Crippen LogP contribution in [0.25, 0.3) is 0 Å². The Kier molecular flexibility index (Phi) is 2.14. The van der Waals surface area contributed by atoms with Gasteiger partial charge >= 0.3 is 0 Å². The van der Waals surface area contributed by atoms with Gasteiger partial charge in [0.05, 0.1) is 6.61 Å². The lowest BCUT2D eigenvalue weighted by molar-refractivity contribution is 0.0756. The van der Waals surface area contributed by atoms with Crippen molar-refractivity contribution < 1.29 is 5.11 Å². The number of aliphatic hydroxyl groups excluding tert-OH is 1. The van der Waals surface area contributed by atoms with Crippen LogP contribution in [-0.4, -0.2) is 11.7 Å². The summed E-state index contributed by atoms with van der Waals surface area (Å²) in [5.41, 5.74) is -0.00174. The summed E-state index contributed by atoms with van der Waals surface area (Å²) >= 11 is 0. The van der Waals surface area contributed by atoms with Crippen molar-refractivity contribution >= 4 is 0 Å². The highest BCUT2D eigenvalue weighted by molar-refractivity contribution is 4.98. The molecule has 1 aliphatic carbocycles. The van der Waals surface area contributed by atoms with Gasteiger partial charge in [0.25, 0.3) is 0 Å². The average Bonchev–Trinajstić information content (AvgIpc) is 1.84. The van der Waals surface area contributed by atoms with Gasteiger partial charge in [-0.15, -0.1) is 6.58 Å².